The average molecular weight is 266 g/mol. The first-order valence-corrected chi connectivity index (χ1v) is 5.35. The Morgan fingerprint density at radius 1 is 1.42 bits per heavy atom. The van der Waals surface area contributed by atoms with Gasteiger partial charge in [-0.15, -0.1) is 0 Å². The maximum absolute atomic E-state index is 11.8. The molecule has 1 aromatic rings. The molecule has 0 bridgehead atoms. The van der Waals surface area contributed by atoms with Crippen LogP contribution in [0, 0.1) is 10.1 Å². The summed E-state index contributed by atoms with van der Waals surface area (Å²) in [6.45, 7) is -0.250. The predicted molar refractivity (Wildman–Crippen MR) is 68.8 cm³/mol. The third-order valence-electron chi connectivity index (χ3n) is 2.30. The lowest BCUT2D eigenvalue weighted by Gasteiger charge is -2.12. The number of carbonyl (C=O) groups excluding carboxylic acids is 2. The molecule has 8 heteroatoms. The molecule has 0 aromatic heterocycles. The van der Waals surface area contributed by atoms with Crippen molar-refractivity contribution in [2.75, 3.05) is 26.0 Å². The van der Waals surface area contributed by atoms with Crippen molar-refractivity contribution in [2.45, 2.75) is 0 Å². The summed E-state index contributed by atoms with van der Waals surface area (Å²) in [6.07, 6.45) is 0. The molecule has 102 valence electrons. The molecular weight excluding hydrogens is 252 g/mol. The molecule has 19 heavy (non-hydrogen) atoms. The van der Waals surface area contributed by atoms with E-state index in [0.717, 1.165) is 0 Å². The Labute approximate surface area is 109 Å². The minimum Gasteiger partial charge on any atom is -0.371 e. The van der Waals surface area contributed by atoms with Crippen LogP contribution in [0.4, 0.5) is 11.4 Å². The molecule has 0 aliphatic carbocycles. The Balaban J connectivity index is 3.14. The standard InChI is InChI=1S/C11H14N4O4/c1-14(2)11(17)7-3-4-9(15(18)19)8(5-7)13-6-10(12)16/h3-5,13H,6H2,1-2H3,(H2,12,16). The SMILES string of the molecule is CN(C)C(=O)c1ccc([N+](=O)[O-])c(NCC(N)=O)c1. The lowest BCUT2D eigenvalue weighted by molar-refractivity contribution is -0.383. The number of amides is 2. The number of benzene rings is 1. The zero-order valence-corrected chi connectivity index (χ0v) is 10.5. The third-order valence-corrected chi connectivity index (χ3v) is 2.30. The van der Waals surface area contributed by atoms with Crippen LogP contribution in [-0.4, -0.2) is 42.3 Å². The molecule has 1 aromatic carbocycles. The lowest BCUT2D eigenvalue weighted by Crippen LogP contribution is -2.23. The van der Waals surface area contributed by atoms with Gasteiger partial charge in [0.1, 0.15) is 5.69 Å². The van der Waals surface area contributed by atoms with E-state index in [1.165, 1.54) is 23.1 Å². The first-order valence-electron chi connectivity index (χ1n) is 5.35. The van der Waals surface area contributed by atoms with Crippen LogP contribution in [0.3, 0.4) is 0 Å². The number of anilines is 1. The van der Waals surface area contributed by atoms with Gasteiger partial charge in [-0.1, -0.05) is 0 Å². The van der Waals surface area contributed by atoms with E-state index in [-0.39, 0.29) is 29.4 Å². The fraction of sp³-hybridized carbons (Fsp3) is 0.273. The minimum absolute atomic E-state index is 0.0801. The second-order valence-corrected chi connectivity index (χ2v) is 4.01. The Hall–Kier alpha value is -2.64. The predicted octanol–water partition coefficient (Wildman–Crippen LogP) is 0.194. The number of hydrogen-bond acceptors (Lipinski definition) is 5. The van der Waals surface area contributed by atoms with Gasteiger partial charge in [-0.2, -0.15) is 0 Å². The maximum atomic E-state index is 11.8. The van der Waals surface area contributed by atoms with Crippen molar-refractivity contribution in [3.63, 3.8) is 0 Å². The van der Waals surface area contributed by atoms with Gasteiger partial charge in [0.15, 0.2) is 0 Å². The number of hydrogen-bond donors (Lipinski definition) is 2. The molecule has 0 fully saturated rings. The Morgan fingerprint density at radius 3 is 2.53 bits per heavy atom. The highest BCUT2D eigenvalue weighted by Gasteiger charge is 2.17. The highest BCUT2D eigenvalue weighted by Crippen LogP contribution is 2.25. The largest absolute Gasteiger partial charge is 0.371 e. The molecule has 8 nitrogen and oxygen atoms in total. The van der Waals surface area contributed by atoms with Crippen LogP contribution in [0.25, 0.3) is 0 Å². The fourth-order valence-corrected chi connectivity index (χ4v) is 1.41. The van der Waals surface area contributed by atoms with Gasteiger partial charge >= 0.3 is 0 Å². The summed E-state index contributed by atoms with van der Waals surface area (Å²) in [5.74, 6) is -0.948. The normalized spacial score (nSPS) is 9.79. The number of nitrogens with two attached hydrogens (primary N) is 1. The molecule has 1 rings (SSSR count). The van der Waals surface area contributed by atoms with Gasteiger partial charge in [-0.25, -0.2) is 0 Å². The first kappa shape index (κ1) is 14.4. The van der Waals surface area contributed by atoms with Crippen molar-refractivity contribution in [2.24, 2.45) is 5.73 Å². The summed E-state index contributed by atoms with van der Waals surface area (Å²) in [5, 5.41) is 13.4. The number of nitrogens with one attached hydrogen (secondary N) is 1. The number of rotatable bonds is 5. The monoisotopic (exact) mass is 266 g/mol. The van der Waals surface area contributed by atoms with Crippen molar-refractivity contribution in [1.82, 2.24) is 4.90 Å². The molecule has 0 aliphatic rings. The Morgan fingerprint density at radius 2 is 2.05 bits per heavy atom. The van der Waals surface area contributed by atoms with Crippen molar-refractivity contribution < 1.29 is 14.5 Å². The second kappa shape index (κ2) is 5.80. The topological polar surface area (TPSA) is 119 Å². The summed E-state index contributed by atoms with van der Waals surface area (Å²) < 4.78 is 0. The minimum atomic E-state index is -0.654. The summed E-state index contributed by atoms with van der Waals surface area (Å²) >= 11 is 0. The van der Waals surface area contributed by atoms with Gasteiger partial charge in [0.05, 0.1) is 11.5 Å². The van der Waals surface area contributed by atoms with Crippen LogP contribution in [0.1, 0.15) is 10.4 Å². The van der Waals surface area contributed by atoms with Crippen molar-refractivity contribution in [3.05, 3.63) is 33.9 Å². The van der Waals surface area contributed by atoms with Gasteiger partial charge in [-0.05, 0) is 12.1 Å². The molecular formula is C11H14N4O4. The van der Waals surface area contributed by atoms with E-state index in [2.05, 4.69) is 5.32 Å². The van der Waals surface area contributed by atoms with E-state index in [9.17, 15) is 19.7 Å². The number of carbonyl (C=O) groups is 2. The molecule has 0 atom stereocenters. The lowest BCUT2D eigenvalue weighted by atomic mass is 10.1. The quantitative estimate of drug-likeness (QED) is 0.582. The van der Waals surface area contributed by atoms with Crippen LogP contribution in [0.2, 0.25) is 0 Å². The molecule has 0 heterocycles. The van der Waals surface area contributed by atoms with Crippen molar-refractivity contribution in [3.8, 4) is 0 Å². The van der Waals surface area contributed by atoms with Gasteiger partial charge in [0.2, 0.25) is 5.91 Å². The molecule has 0 aliphatic heterocycles. The smallest absolute Gasteiger partial charge is 0.292 e. The van der Waals surface area contributed by atoms with Crippen molar-refractivity contribution in [1.29, 1.82) is 0 Å². The fourth-order valence-electron chi connectivity index (χ4n) is 1.41. The highest BCUT2D eigenvalue weighted by molar-refractivity contribution is 5.95. The van der Waals surface area contributed by atoms with E-state index < -0.39 is 10.8 Å². The van der Waals surface area contributed by atoms with Gasteiger partial charge < -0.3 is 16.0 Å². The Kier molecular flexibility index (Phi) is 4.41. The molecule has 0 saturated carbocycles. The number of nitro benzene ring substituents is 1. The Bertz CT molecular complexity index is 527. The third kappa shape index (κ3) is 3.66. The highest BCUT2D eigenvalue weighted by atomic mass is 16.6. The van der Waals surface area contributed by atoms with Crippen LogP contribution < -0.4 is 11.1 Å². The van der Waals surface area contributed by atoms with E-state index in [0.29, 0.717) is 0 Å². The average Bonchev–Trinajstić information content (AvgIpc) is 2.34. The second-order valence-electron chi connectivity index (χ2n) is 4.01. The molecule has 0 radical (unpaired) electrons. The van der Waals surface area contributed by atoms with E-state index >= 15 is 0 Å². The van der Waals surface area contributed by atoms with E-state index in [4.69, 9.17) is 5.73 Å². The van der Waals surface area contributed by atoms with Crippen LogP contribution >= 0.6 is 0 Å². The number of nitrogens with zero attached hydrogens (tertiary/aromatic N) is 2. The zero-order chi connectivity index (χ0) is 14.6. The van der Waals surface area contributed by atoms with Crippen LogP contribution in [-0.2, 0) is 4.79 Å². The van der Waals surface area contributed by atoms with Gasteiger partial charge in [0.25, 0.3) is 11.6 Å². The molecule has 3 N–H and O–H groups in total. The summed E-state index contributed by atoms with van der Waals surface area (Å²) in [6, 6.07) is 3.89. The molecule has 0 unspecified atom stereocenters. The first-order chi connectivity index (χ1) is 8.82. The van der Waals surface area contributed by atoms with Gasteiger partial charge in [-0.3, -0.25) is 19.7 Å². The number of primary amides is 1. The molecule has 2 amide bonds. The van der Waals surface area contributed by atoms with E-state index in [1.54, 1.807) is 14.1 Å². The molecule has 0 spiro atoms. The summed E-state index contributed by atoms with van der Waals surface area (Å²) in [5.41, 5.74) is 5.10. The summed E-state index contributed by atoms with van der Waals surface area (Å²) in [4.78, 5) is 34.0. The number of nitro groups is 1. The van der Waals surface area contributed by atoms with Crippen LogP contribution in [0.5, 0.6) is 0 Å². The van der Waals surface area contributed by atoms with Crippen LogP contribution in [0.15, 0.2) is 18.2 Å². The van der Waals surface area contributed by atoms with Gasteiger partial charge in [0, 0.05) is 25.7 Å². The maximum Gasteiger partial charge on any atom is 0.292 e. The van der Waals surface area contributed by atoms with E-state index in [1.807, 2.05) is 0 Å². The zero-order valence-electron chi connectivity index (χ0n) is 10.5. The molecule has 0 saturated heterocycles. The summed E-state index contributed by atoms with van der Waals surface area (Å²) in [7, 11) is 3.14. The van der Waals surface area contributed by atoms with Crippen molar-refractivity contribution >= 4 is 23.2 Å².